The fourth-order valence-electron chi connectivity index (χ4n) is 5.34. The minimum absolute atomic E-state index is 0.135. The summed E-state index contributed by atoms with van der Waals surface area (Å²) in [5.41, 5.74) is 2.19. The van der Waals surface area contributed by atoms with Crippen molar-refractivity contribution < 1.29 is 9.53 Å². The summed E-state index contributed by atoms with van der Waals surface area (Å²) in [5, 5.41) is 0. The van der Waals surface area contributed by atoms with E-state index in [4.69, 9.17) is 4.74 Å². The number of hydrogen-bond donors (Lipinski definition) is 0. The van der Waals surface area contributed by atoms with Gasteiger partial charge in [-0.05, 0) is 60.7 Å². The Kier molecular flexibility index (Phi) is 2.85. The quantitative estimate of drug-likeness (QED) is 0.556. The van der Waals surface area contributed by atoms with Gasteiger partial charge in [-0.15, -0.1) is 0 Å². The molecule has 4 unspecified atom stereocenters. The van der Waals surface area contributed by atoms with Gasteiger partial charge in [-0.2, -0.15) is 0 Å². The van der Waals surface area contributed by atoms with Gasteiger partial charge in [-0.25, -0.2) is 0 Å². The number of esters is 1. The van der Waals surface area contributed by atoms with E-state index in [1.165, 1.54) is 44.6 Å². The first-order chi connectivity index (χ1) is 8.88. The summed E-state index contributed by atoms with van der Waals surface area (Å²) >= 11 is 0. The molecule has 19 heavy (non-hydrogen) atoms. The van der Waals surface area contributed by atoms with Crippen LogP contribution in [0.5, 0.6) is 0 Å². The summed E-state index contributed by atoms with van der Waals surface area (Å²) in [4.78, 5) is 11.1. The molecule has 3 aliphatic rings. The molecule has 106 valence electrons. The summed E-state index contributed by atoms with van der Waals surface area (Å²) in [6.45, 7) is 11.4. The molecule has 0 saturated heterocycles. The van der Waals surface area contributed by atoms with Crippen LogP contribution in [0.4, 0.5) is 0 Å². The lowest BCUT2D eigenvalue weighted by Crippen LogP contribution is -2.42. The maximum absolute atomic E-state index is 11.1. The molecule has 0 heterocycles. The van der Waals surface area contributed by atoms with Crippen molar-refractivity contribution in [1.82, 2.24) is 0 Å². The van der Waals surface area contributed by atoms with Crippen molar-refractivity contribution in [3.63, 3.8) is 0 Å². The van der Waals surface area contributed by atoms with Crippen LogP contribution in [-0.4, -0.2) is 12.6 Å². The number of fused-ring (bicyclic) bond motifs is 1. The average molecular weight is 262 g/mol. The van der Waals surface area contributed by atoms with Crippen LogP contribution < -0.4 is 0 Å². The average Bonchev–Trinajstić information content (AvgIpc) is 2.90. The van der Waals surface area contributed by atoms with E-state index < -0.39 is 0 Å². The van der Waals surface area contributed by atoms with Gasteiger partial charge in [0.25, 0.3) is 0 Å². The molecule has 0 aliphatic heterocycles. The third-order valence-electron chi connectivity index (χ3n) is 6.65. The maximum Gasteiger partial charge on any atom is 0.302 e. The minimum Gasteiger partial charge on any atom is -0.466 e. The standard InChI is InChI=1S/C17H26O2/c1-11-15-6-5-14(10-19-12(2)18)17(15)8-7-13(9-17)16(11,3)4/h13-15H,1,5-10H2,2-4H3. The Morgan fingerprint density at radius 1 is 1.37 bits per heavy atom. The number of ether oxygens (including phenoxy) is 1. The number of carbonyl (C=O) groups excluding carboxylic acids is 1. The van der Waals surface area contributed by atoms with E-state index in [1.807, 2.05) is 0 Å². The SMILES string of the molecule is C=C1C2CCC(COC(C)=O)C23CCC(C3)C1(C)C. The molecule has 2 bridgehead atoms. The molecule has 0 radical (unpaired) electrons. The van der Waals surface area contributed by atoms with Crippen molar-refractivity contribution in [3.8, 4) is 0 Å². The smallest absolute Gasteiger partial charge is 0.302 e. The fraction of sp³-hybridized carbons (Fsp3) is 0.824. The van der Waals surface area contributed by atoms with Crippen LogP contribution in [0.25, 0.3) is 0 Å². The minimum atomic E-state index is -0.135. The van der Waals surface area contributed by atoms with E-state index in [2.05, 4.69) is 20.4 Å². The number of allylic oxidation sites excluding steroid dienone is 1. The van der Waals surface area contributed by atoms with Crippen molar-refractivity contribution in [3.05, 3.63) is 12.2 Å². The Bertz CT molecular complexity index is 423. The highest BCUT2D eigenvalue weighted by atomic mass is 16.5. The molecule has 3 aliphatic carbocycles. The van der Waals surface area contributed by atoms with Crippen LogP contribution >= 0.6 is 0 Å². The van der Waals surface area contributed by atoms with Crippen LogP contribution in [0.3, 0.4) is 0 Å². The first-order valence-corrected chi connectivity index (χ1v) is 7.70. The Labute approximate surface area is 116 Å². The molecule has 3 rings (SSSR count). The Balaban J connectivity index is 1.86. The van der Waals surface area contributed by atoms with E-state index >= 15 is 0 Å². The van der Waals surface area contributed by atoms with Gasteiger partial charge in [0.15, 0.2) is 0 Å². The number of rotatable bonds is 2. The first kappa shape index (κ1) is 13.2. The lowest BCUT2D eigenvalue weighted by Gasteiger charge is -2.49. The zero-order chi connectivity index (χ0) is 13.8. The van der Waals surface area contributed by atoms with Crippen molar-refractivity contribution in [1.29, 1.82) is 0 Å². The van der Waals surface area contributed by atoms with Crippen LogP contribution in [0.2, 0.25) is 0 Å². The van der Waals surface area contributed by atoms with E-state index in [9.17, 15) is 4.79 Å². The zero-order valence-electron chi connectivity index (χ0n) is 12.5. The van der Waals surface area contributed by atoms with Gasteiger partial charge in [0.05, 0.1) is 6.61 Å². The van der Waals surface area contributed by atoms with Crippen molar-refractivity contribution in [2.75, 3.05) is 6.61 Å². The zero-order valence-corrected chi connectivity index (χ0v) is 12.5. The van der Waals surface area contributed by atoms with Crippen LogP contribution in [0.1, 0.15) is 52.9 Å². The predicted molar refractivity (Wildman–Crippen MR) is 75.5 cm³/mol. The van der Waals surface area contributed by atoms with Gasteiger partial charge >= 0.3 is 5.97 Å². The molecule has 1 spiro atoms. The van der Waals surface area contributed by atoms with E-state index in [0.717, 1.165) is 5.92 Å². The highest BCUT2D eigenvalue weighted by Crippen LogP contribution is 2.70. The Morgan fingerprint density at radius 3 is 2.79 bits per heavy atom. The van der Waals surface area contributed by atoms with E-state index in [-0.39, 0.29) is 5.97 Å². The fourth-order valence-corrected chi connectivity index (χ4v) is 5.34. The summed E-state index contributed by atoms with van der Waals surface area (Å²) in [5.74, 6) is 1.89. The molecule has 0 aromatic heterocycles. The largest absolute Gasteiger partial charge is 0.466 e. The third kappa shape index (κ3) is 1.71. The first-order valence-electron chi connectivity index (χ1n) is 7.70. The molecule has 2 nitrogen and oxygen atoms in total. The van der Waals surface area contributed by atoms with Crippen LogP contribution in [0.15, 0.2) is 12.2 Å². The Morgan fingerprint density at radius 2 is 2.11 bits per heavy atom. The van der Waals surface area contributed by atoms with Crippen LogP contribution in [0, 0.1) is 28.6 Å². The molecule has 0 N–H and O–H groups in total. The lowest BCUT2D eigenvalue weighted by molar-refractivity contribution is -0.143. The predicted octanol–water partition coefficient (Wildman–Crippen LogP) is 3.96. The summed E-state index contributed by atoms with van der Waals surface area (Å²) < 4.78 is 5.34. The molecule has 2 heteroatoms. The van der Waals surface area contributed by atoms with Gasteiger partial charge in [0.1, 0.15) is 0 Å². The summed E-state index contributed by atoms with van der Waals surface area (Å²) in [6.07, 6.45) is 6.44. The Hall–Kier alpha value is -0.790. The van der Waals surface area contributed by atoms with E-state index in [0.29, 0.717) is 29.3 Å². The van der Waals surface area contributed by atoms with E-state index in [1.54, 1.807) is 0 Å². The maximum atomic E-state index is 11.1. The molecule has 0 aromatic carbocycles. The van der Waals surface area contributed by atoms with Crippen molar-refractivity contribution >= 4 is 5.97 Å². The second-order valence-electron chi connectivity index (χ2n) is 7.55. The number of hydrogen-bond acceptors (Lipinski definition) is 2. The second-order valence-corrected chi connectivity index (χ2v) is 7.55. The molecule has 3 fully saturated rings. The van der Waals surface area contributed by atoms with Crippen molar-refractivity contribution in [2.24, 2.45) is 28.6 Å². The summed E-state index contributed by atoms with van der Waals surface area (Å²) in [6, 6.07) is 0. The van der Waals surface area contributed by atoms with Gasteiger partial charge in [-0.3, -0.25) is 4.79 Å². The molecular weight excluding hydrogens is 236 g/mol. The molecule has 0 aromatic rings. The molecule has 4 atom stereocenters. The third-order valence-corrected chi connectivity index (χ3v) is 6.65. The monoisotopic (exact) mass is 262 g/mol. The molecular formula is C17H26O2. The topological polar surface area (TPSA) is 26.3 Å². The number of carbonyl (C=O) groups is 1. The van der Waals surface area contributed by atoms with Gasteiger partial charge < -0.3 is 4.74 Å². The highest BCUT2D eigenvalue weighted by molar-refractivity contribution is 5.65. The highest BCUT2D eigenvalue weighted by Gasteiger charge is 2.62. The van der Waals surface area contributed by atoms with Crippen LogP contribution in [-0.2, 0) is 9.53 Å². The molecule has 0 amide bonds. The van der Waals surface area contributed by atoms with Gasteiger partial charge in [0, 0.05) is 6.92 Å². The normalized spacial score (nSPS) is 43.1. The summed E-state index contributed by atoms with van der Waals surface area (Å²) in [7, 11) is 0. The second kappa shape index (κ2) is 4.10. The molecule has 3 saturated carbocycles. The van der Waals surface area contributed by atoms with Gasteiger partial charge in [0.2, 0.25) is 0 Å². The lowest BCUT2D eigenvalue weighted by atomic mass is 9.56. The van der Waals surface area contributed by atoms with Gasteiger partial charge in [-0.1, -0.05) is 26.0 Å². The van der Waals surface area contributed by atoms with Crippen molar-refractivity contribution in [2.45, 2.75) is 52.9 Å².